The zero-order valence-electron chi connectivity index (χ0n) is 11.3. The fraction of sp³-hybridized carbons (Fsp3) is 0.600. The maximum Gasteiger partial charge on any atom is 0.391 e. The Bertz CT molecular complexity index is 533. The van der Waals surface area contributed by atoms with E-state index < -0.39 is 29.6 Å². The lowest BCUT2D eigenvalue weighted by molar-refractivity contribution is -0.193. The molecule has 2 nitrogen and oxygen atoms in total. The molecule has 6 heteroatoms. The predicted molar refractivity (Wildman–Crippen MR) is 67.3 cm³/mol. The van der Waals surface area contributed by atoms with Crippen LogP contribution in [-0.4, -0.2) is 16.9 Å². The number of aliphatic hydroxyl groups excluding tert-OH is 1. The quantitative estimate of drug-likeness (QED) is 0.730. The van der Waals surface area contributed by atoms with Gasteiger partial charge in [0.05, 0.1) is 12.0 Å². The minimum atomic E-state index is -4.18. The highest BCUT2D eigenvalue weighted by molar-refractivity contribution is 5.38. The number of alkyl halides is 3. The summed E-state index contributed by atoms with van der Waals surface area (Å²) in [7, 11) is 0. The zero-order valence-corrected chi connectivity index (χ0v) is 11.3. The molecule has 1 aromatic carbocycles. The Hall–Kier alpha value is -1.30. The van der Waals surface area contributed by atoms with Crippen molar-refractivity contribution in [2.24, 2.45) is 5.92 Å². The molecule has 1 aromatic rings. The van der Waals surface area contributed by atoms with Gasteiger partial charge < -0.3 is 9.84 Å². The summed E-state index contributed by atoms with van der Waals surface area (Å²) in [6, 6.07) is 3.89. The van der Waals surface area contributed by atoms with Crippen LogP contribution < -0.4 is 4.74 Å². The van der Waals surface area contributed by atoms with E-state index in [0.29, 0.717) is 5.56 Å². The van der Waals surface area contributed by atoms with Crippen molar-refractivity contribution in [3.05, 3.63) is 29.6 Å². The summed E-state index contributed by atoms with van der Waals surface area (Å²) < 4.78 is 57.3. The molecule has 1 aliphatic heterocycles. The van der Waals surface area contributed by atoms with E-state index in [1.807, 2.05) is 0 Å². The number of hydrogen-bond donors (Lipinski definition) is 1. The highest BCUT2D eigenvalue weighted by Gasteiger charge is 2.49. The fourth-order valence-corrected chi connectivity index (χ4v) is 3.39. The first kappa shape index (κ1) is 14.6. The molecule has 0 unspecified atom stereocenters. The standard InChI is InChI=1S/C15H16F4O2/c16-10-1-2-11-12(20)8-14(21-13(11)7-10)5-3-9(4-6-14)15(17,18)19/h1-2,7,9,12,20H,3-6,8H2/t9?,12-,14?/m1/s1. The Balaban J connectivity index is 1.80. The molecule has 3 rings (SSSR count). The predicted octanol–water partition coefficient (Wildman–Crippen LogP) is 4.13. The van der Waals surface area contributed by atoms with Crippen LogP contribution in [0.1, 0.15) is 43.8 Å². The van der Waals surface area contributed by atoms with Crippen LogP contribution in [0.4, 0.5) is 17.6 Å². The number of halogens is 4. The molecule has 0 bridgehead atoms. The van der Waals surface area contributed by atoms with Gasteiger partial charge in [0.15, 0.2) is 0 Å². The second kappa shape index (κ2) is 4.87. The van der Waals surface area contributed by atoms with Crippen LogP contribution in [0.15, 0.2) is 18.2 Å². The summed E-state index contributed by atoms with van der Waals surface area (Å²) in [5, 5.41) is 10.2. The molecular weight excluding hydrogens is 288 g/mol. The normalized spacial score (nSPS) is 32.6. The van der Waals surface area contributed by atoms with Gasteiger partial charge in [0.1, 0.15) is 17.2 Å². The molecule has 0 amide bonds. The summed E-state index contributed by atoms with van der Waals surface area (Å²) in [5.74, 6) is -1.54. The molecular formula is C15H16F4O2. The van der Waals surface area contributed by atoms with Gasteiger partial charge in [0, 0.05) is 18.1 Å². The van der Waals surface area contributed by atoms with Crippen molar-refractivity contribution < 1.29 is 27.4 Å². The first-order chi connectivity index (χ1) is 9.79. The van der Waals surface area contributed by atoms with Crippen molar-refractivity contribution in [3.63, 3.8) is 0 Å². The van der Waals surface area contributed by atoms with Gasteiger partial charge in [-0.05, 0) is 37.8 Å². The van der Waals surface area contributed by atoms with Crippen LogP contribution in [0.3, 0.4) is 0 Å². The Kier molecular flexibility index (Phi) is 3.39. The second-order valence-electron chi connectivity index (χ2n) is 6.00. The van der Waals surface area contributed by atoms with E-state index in [9.17, 15) is 22.7 Å². The third kappa shape index (κ3) is 2.73. The highest BCUT2D eigenvalue weighted by atomic mass is 19.4. The average Bonchev–Trinajstić information content (AvgIpc) is 2.37. The summed E-state index contributed by atoms with van der Waals surface area (Å²) in [6.45, 7) is 0. The van der Waals surface area contributed by atoms with E-state index >= 15 is 0 Å². The monoisotopic (exact) mass is 304 g/mol. The van der Waals surface area contributed by atoms with Gasteiger partial charge >= 0.3 is 6.18 Å². The molecule has 0 radical (unpaired) electrons. The van der Waals surface area contributed by atoms with Gasteiger partial charge in [-0.15, -0.1) is 0 Å². The van der Waals surface area contributed by atoms with Gasteiger partial charge in [-0.2, -0.15) is 13.2 Å². The topological polar surface area (TPSA) is 29.5 Å². The fourth-order valence-electron chi connectivity index (χ4n) is 3.39. The summed E-state index contributed by atoms with van der Waals surface area (Å²) in [4.78, 5) is 0. The summed E-state index contributed by atoms with van der Waals surface area (Å²) in [6.07, 6.45) is -4.32. The molecule has 1 spiro atoms. The van der Waals surface area contributed by atoms with E-state index in [4.69, 9.17) is 4.74 Å². The molecule has 116 valence electrons. The molecule has 1 aliphatic carbocycles. The highest BCUT2D eigenvalue weighted by Crippen LogP contribution is 2.49. The van der Waals surface area contributed by atoms with Crippen LogP contribution in [0, 0.1) is 11.7 Å². The summed E-state index contributed by atoms with van der Waals surface area (Å²) in [5.41, 5.74) is -0.304. The molecule has 1 fully saturated rings. The lowest BCUT2D eigenvalue weighted by Gasteiger charge is -2.45. The van der Waals surface area contributed by atoms with Crippen molar-refractivity contribution in [3.8, 4) is 5.75 Å². The minimum Gasteiger partial charge on any atom is -0.487 e. The van der Waals surface area contributed by atoms with Crippen LogP contribution in [0.2, 0.25) is 0 Å². The molecule has 1 N–H and O–H groups in total. The number of hydrogen-bond acceptors (Lipinski definition) is 2. The first-order valence-corrected chi connectivity index (χ1v) is 7.02. The first-order valence-electron chi connectivity index (χ1n) is 7.02. The van der Waals surface area contributed by atoms with Crippen molar-refractivity contribution >= 4 is 0 Å². The number of benzene rings is 1. The zero-order chi connectivity index (χ0) is 15.3. The molecule has 21 heavy (non-hydrogen) atoms. The Morgan fingerprint density at radius 2 is 1.86 bits per heavy atom. The Morgan fingerprint density at radius 1 is 1.19 bits per heavy atom. The number of aliphatic hydroxyl groups is 1. The van der Waals surface area contributed by atoms with Gasteiger partial charge in [-0.3, -0.25) is 0 Å². The third-order valence-corrected chi connectivity index (χ3v) is 4.59. The van der Waals surface area contributed by atoms with Crippen LogP contribution in [-0.2, 0) is 0 Å². The van der Waals surface area contributed by atoms with E-state index in [1.165, 1.54) is 18.2 Å². The molecule has 1 saturated carbocycles. The third-order valence-electron chi connectivity index (χ3n) is 4.59. The molecule has 0 saturated heterocycles. The second-order valence-corrected chi connectivity index (χ2v) is 6.00. The maximum atomic E-state index is 13.3. The van der Waals surface area contributed by atoms with Crippen molar-refractivity contribution in [2.45, 2.75) is 50.0 Å². The average molecular weight is 304 g/mol. The van der Waals surface area contributed by atoms with Crippen LogP contribution in [0.5, 0.6) is 5.75 Å². The molecule has 1 heterocycles. The molecule has 0 aromatic heterocycles. The molecule has 1 atom stereocenters. The lowest BCUT2D eigenvalue weighted by Crippen LogP contribution is -2.46. The van der Waals surface area contributed by atoms with Gasteiger partial charge in [-0.25, -0.2) is 4.39 Å². The van der Waals surface area contributed by atoms with Crippen LogP contribution in [0.25, 0.3) is 0 Å². The number of ether oxygens (including phenoxy) is 1. The Labute approximate surface area is 119 Å². The van der Waals surface area contributed by atoms with E-state index in [0.717, 1.165) is 0 Å². The Morgan fingerprint density at radius 3 is 2.48 bits per heavy atom. The number of rotatable bonds is 0. The van der Waals surface area contributed by atoms with Gasteiger partial charge in [-0.1, -0.05) is 0 Å². The number of fused-ring (bicyclic) bond motifs is 1. The maximum absolute atomic E-state index is 13.3. The lowest BCUT2D eigenvalue weighted by atomic mass is 9.74. The van der Waals surface area contributed by atoms with Gasteiger partial charge in [0.25, 0.3) is 0 Å². The van der Waals surface area contributed by atoms with E-state index in [2.05, 4.69) is 0 Å². The molecule has 2 aliphatic rings. The van der Waals surface area contributed by atoms with E-state index in [1.54, 1.807) is 0 Å². The van der Waals surface area contributed by atoms with Crippen molar-refractivity contribution in [1.82, 2.24) is 0 Å². The van der Waals surface area contributed by atoms with Gasteiger partial charge in [0.2, 0.25) is 0 Å². The summed E-state index contributed by atoms with van der Waals surface area (Å²) >= 11 is 0. The smallest absolute Gasteiger partial charge is 0.391 e. The van der Waals surface area contributed by atoms with Crippen molar-refractivity contribution in [1.29, 1.82) is 0 Å². The van der Waals surface area contributed by atoms with Crippen LogP contribution >= 0.6 is 0 Å². The minimum absolute atomic E-state index is 0.0130. The van der Waals surface area contributed by atoms with E-state index in [-0.39, 0.29) is 37.9 Å². The largest absolute Gasteiger partial charge is 0.487 e. The van der Waals surface area contributed by atoms with Crippen molar-refractivity contribution in [2.75, 3.05) is 0 Å². The SMILES string of the molecule is O[C@@H]1CC2(CCC(C(F)(F)F)CC2)Oc2cc(F)ccc21.